The van der Waals surface area contributed by atoms with Gasteiger partial charge in [-0.25, -0.2) is 0 Å². The van der Waals surface area contributed by atoms with Gasteiger partial charge in [-0.3, -0.25) is 0 Å². The predicted molar refractivity (Wildman–Crippen MR) is 91.9 cm³/mol. The van der Waals surface area contributed by atoms with E-state index in [0.29, 0.717) is 19.1 Å². The molecule has 0 aliphatic heterocycles. The molecule has 0 spiro atoms. The summed E-state index contributed by atoms with van der Waals surface area (Å²) in [4.78, 5) is 2.12. The number of hydrogen-bond acceptors (Lipinski definition) is 4. The molecule has 4 nitrogen and oxygen atoms in total. The van der Waals surface area contributed by atoms with Crippen molar-refractivity contribution in [3.8, 4) is 0 Å². The highest BCUT2D eigenvalue weighted by atomic mass is 79.9. The lowest BCUT2D eigenvalue weighted by Gasteiger charge is -2.24. The number of aliphatic hydroxyl groups excluding tert-OH is 1. The van der Waals surface area contributed by atoms with Crippen LogP contribution in [-0.4, -0.2) is 45.1 Å². The molecule has 0 saturated carbocycles. The van der Waals surface area contributed by atoms with Crippen LogP contribution in [0.2, 0.25) is 0 Å². The number of methoxy groups -OCH3 is 1. The van der Waals surface area contributed by atoms with E-state index in [0.717, 1.165) is 29.8 Å². The molecule has 2 N–H and O–H groups in total. The quantitative estimate of drug-likeness (QED) is 0.674. The lowest BCUT2D eigenvalue weighted by atomic mass is 10.1. The first-order valence-corrected chi connectivity index (χ1v) is 8.21. The summed E-state index contributed by atoms with van der Waals surface area (Å²) < 4.78 is 6.22. The molecule has 0 radical (unpaired) electrons. The third kappa shape index (κ3) is 6.78. The minimum atomic E-state index is 0.138. The lowest BCUT2D eigenvalue weighted by Crippen LogP contribution is -2.30. The Morgan fingerprint density at radius 1 is 1.33 bits per heavy atom. The summed E-state index contributed by atoms with van der Waals surface area (Å²) in [7, 11) is 1.69. The smallest absolute Gasteiger partial charge is 0.0637 e. The first-order chi connectivity index (χ1) is 10.1. The molecule has 0 saturated heterocycles. The van der Waals surface area contributed by atoms with Gasteiger partial charge in [-0.2, -0.15) is 0 Å². The molecule has 1 rings (SSSR count). The lowest BCUT2D eigenvalue weighted by molar-refractivity contribution is 0.203. The van der Waals surface area contributed by atoms with Gasteiger partial charge in [0.25, 0.3) is 0 Å². The number of aliphatic hydroxyl groups is 1. The number of nitrogens with one attached hydrogen (secondary N) is 1. The molecule has 0 aliphatic carbocycles. The number of hydrogen-bond donors (Lipinski definition) is 2. The van der Waals surface area contributed by atoms with E-state index < -0.39 is 0 Å². The number of halogens is 1. The van der Waals surface area contributed by atoms with Crippen LogP contribution in [0.25, 0.3) is 0 Å². The number of anilines is 1. The third-order valence-electron chi connectivity index (χ3n) is 3.21. The van der Waals surface area contributed by atoms with Crippen LogP contribution in [0.1, 0.15) is 19.4 Å². The van der Waals surface area contributed by atoms with Crippen LogP contribution < -0.4 is 10.2 Å². The van der Waals surface area contributed by atoms with Gasteiger partial charge in [-0.15, -0.1) is 0 Å². The van der Waals surface area contributed by atoms with Crippen molar-refractivity contribution in [1.29, 1.82) is 0 Å². The fourth-order valence-corrected chi connectivity index (χ4v) is 2.57. The second-order valence-corrected chi connectivity index (χ2v) is 6.36. The molecule has 1 aromatic rings. The third-order valence-corrected chi connectivity index (χ3v) is 3.94. The van der Waals surface area contributed by atoms with E-state index in [-0.39, 0.29) is 6.61 Å². The van der Waals surface area contributed by atoms with Crippen LogP contribution in [0.4, 0.5) is 5.69 Å². The average Bonchev–Trinajstić information content (AvgIpc) is 2.45. The van der Waals surface area contributed by atoms with Gasteiger partial charge >= 0.3 is 0 Å². The van der Waals surface area contributed by atoms with Gasteiger partial charge in [-0.1, -0.05) is 35.8 Å². The van der Waals surface area contributed by atoms with E-state index in [9.17, 15) is 5.11 Å². The summed E-state index contributed by atoms with van der Waals surface area (Å²) in [5.74, 6) is 0.650. The van der Waals surface area contributed by atoms with Gasteiger partial charge in [0.15, 0.2) is 0 Å². The van der Waals surface area contributed by atoms with Crippen molar-refractivity contribution in [2.75, 3.05) is 44.9 Å². The zero-order chi connectivity index (χ0) is 15.7. The highest BCUT2D eigenvalue weighted by Crippen LogP contribution is 2.24. The normalized spacial score (nSPS) is 11.1. The van der Waals surface area contributed by atoms with Gasteiger partial charge in [-0.05, 0) is 30.2 Å². The first-order valence-electron chi connectivity index (χ1n) is 7.42. The largest absolute Gasteiger partial charge is 0.395 e. The van der Waals surface area contributed by atoms with Crippen LogP contribution in [-0.2, 0) is 11.3 Å². The Hall–Kier alpha value is -0.620. The predicted octanol–water partition coefficient (Wildman–Crippen LogP) is 2.64. The summed E-state index contributed by atoms with van der Waals surface area (Å²) in [6, 6.07) is 6.34. The SMILES string of the molecule is COCCN(CCO)c1ccc(CNCC(C)C)c(Br)c1. The molecular formula is C16H27BrN2O2. The maximum atomic E-state index is 9.19. The van der Waals surface area contributed by atoms with Crippen molar-refractivity contribution in [2.24, 2.45) is 5.92 Å². The van der Waals surface area contributed by atoms with Crippen molar-refractivity contribution >= 4 is 21.6 Å². The Labute approximate surface area is 136 Å². The minimum Gasteiger partial charge on any atom is -0.395 e. The highest BCUT2D eigenvalue weighted by molar-refractivity contribution is 9.10. The Morgan fingerprint density at radius 3 is 2.67 bits per heavy atom. The summed E-state index contributed by atoms with van der Waals surface area (Å²) in [6.45, 7) is 8.45. The molecule has 120 valence electrons. The maximum Gasteiger partial charge on any atom is 0.0637 e. The molecule has 0 aliphatic rings. The second kappa shape index (κ2) is 10.2. The Kier molecular flexibility index (Phi) is 8.92. The molecular weight excluding hydrogens is 332 g/mol. The molecule has 5 heteroatoms. The zero-order valence-corrected chi connectivity index (χ0v) is 14.8. The van der Waals surface area contributed by atoms with Crippen LogP contribution in [0.3, 0.4) is 0 Å². The highest BCUT2D eigenvalue weighted by Gasteiger charge is 2.08. The topological polar surface area (TPSA) is 44.7 Å². The van der Waals surface area contributed by atoms with Crippen molar-refractivity contribution in [3.63, 3.8) is 0 Å². The van der Waals surface area contributed by atoms with E-state index in [1.54, 1.807) is 7.11 Å². The molecule has 21 heavy (non-hydrogen) atoms. The standard InChI is InChI=1S/C16H27BrN2O2/c1-13(2)11-18-12-14-4-5-15(10-16(14)17)19(6-8-20)7-9-21-3/h4-5,10,13,18,20H,6-9,11-12H2,1-3H3. The summed E-state index contributed by atoms with van der Waals surface area (Å²) in [6.07, 6.45) is 0. The van der Waals surface area contributed by atoms with Crippen LogP contribution in [0.15, 0.2) is 22.7 Å². The van der Waals surface area contributed by atoms with E-state index in [4.69, 9.17) is 4.74 Å². The monoisotopic (exact) mass is 358 g/mol. The summed E-state index contributed by atoms with van der Waals surface area (Å²) in [5, 5.41) is 12.6. The van der Waals surface area contributed by atoms with Gasteiger partial charge in [0.05, 0.1) is 13.2 Å². The Bertz CT molecular complexity index is 413. The van der Waals surface area contributed by atoms with Gasteiger partial charge in [0.1, 0.15) is 0 Å². The fourth-order valence-electron chi connectivity index (χ4n) is 2.06. The summed E-state index contributed by atoms with van der Waals surface area (Å²) in [5.41, 5.74) is 2.34. The van der Waals surface area contributed by atoms with Crippen molar-refractivity contribution in [1.82, 2.24) is 5.32 Å². The first kappa shape index (κ1) is 18.4. The van der Waals surface area contributed by atoms with Crippen molar-refractivity contribution in [3.05, 3.63) is 28.2 Å². The van der Waals surface area contributed by atoms with Crippen molar-refractivity contribution in [2.45, 2.75) is 20.4 Å². The number of ether oxygens (including phenoxy) is 1. The van der Waals surface area contributed by atoms with E-state index in [1.165, 1.54) is 5.56 Å². The van der Waals surface area contributed by atoms with Crippen LogP contribution in [0.5, 0.6) is 0 Å². The summed E-state index contributed by atoms with van der Waals surface area (Å²) >= 11 is 3.64. The molecule has 0 aromatic heterocycles. The molecule has 1 aromatic carbocycles. The van der Waals surface area contributed by atoms with E-state index in [2.05, 4.69) is 58.2 Å². The molecule has 0 atom stereocenters. The fraction of sp³-hybridized carbons (Fsp3) is 0.625. The number of rotatable bonds is 10. The maximum absolute atomic E-state index is 9.19. The van der Waals surface area contributed by atoms with E-state index in [1.807, 2.05) is 0 Å². The van der Waals surface area contributed by atoms with Crippen LogP contribution >= 0.6 is 15.9 Å². The van der Waals surface area contributed by atoms with E-state index >= 15 is 0 Å². The van der Waals surface area contributed by atoms with Crippen LogP contribution in [0, 0.1) is 5.92 Å². The van der Waals surface area contributed by atoms with Crippen molar-refractivity contribution < 1.29 is 9.84 Å². The average molecular weight is 359 g/mol. The molecule has 0 unspecified atom stereocenters. The Balaban J connectivity index is 2.69. The molecule has 0 amide bonds. The molecule has 0 fully saturated rings. The van der Waals surface area contributed by atoms with Gasteiger partial charge < -0.3 is 20.1 Å². The van der Waals surface area contributed by atoms with Gasteiger partial charge in [0, 0.05) is 36.9 Å². The minimum absolute atomic E-state index is 0.138. The number of nitrogens with zero attached hydrogens (tertiary/aromatic N) is 1. The molecule has 0 heterocycles. The van der Waals surface area contributed by atoms with Gasteiger partial charge in [0.2, 0.25) is 0 Å². The zero-order valence-electron chi connectivity index (χ0n) is 13.2. The Morgan fingerprint density at radius 2 is 2.10 bits per heavy atom. The second-order valence-electron chi connectivity index (χ2n) is 5.50. The number of benzene rings is 1. The molecule has 0 bridgehead atoms.